The highest BCUT2D eigenvalue weighted by atomic mass is 15.1. The summed E-state index contributed by atoms with van der Waals surface area (Å²) in [5.74, 6) is 0.894. The second-order valence-electron chi connectivity index (χ2n) is 4.89. The number of fused-ring (bicyclic) bond motifs is 3. The van der Waals surface area contributed by atoms with Crippen molar-refractivity contribution < 1.29 is 0 Å². The van der Waals surface area contributed by atoms with Gasteiger partial charge in [-0.1, -0.05) is 0 Å². The first-order chi connectivity index (χ1) is 10.3. The van der Waals surface area contributed by atoms with Crippen LogP contribution in [0.15, 0.2) is 42.7 Å². The van der Waals surface area contributed by atoms with Crippen LogP contribution in [-0.4, -0.2) is 19.5 Å². The first-order valence-electron chi connectivity index (χ1n) is 6.59. The Morgan fingerprint density at radius 2 is 2.00 bits per heavy atom. The molecule has 0 unspecified atom stereocenters. The fraction of sp³-hybridized carbons (Fsp3) is 0.0625. The molecule has 5 heteroatoms. The molecular weight excluding hydrogens is 262 g/mol. The molecule has 4 rings (SSSR count). The molecule has 0 atom stereocenters. The number of benzene rings is 1. The number of imidazole rings is 1. The van der Waals surface area contributed by atoms with Crippen molar-refractivity contribution in [3.05, 3.63) is 54.1 Å². The molecule has 21 heavy (non-hydrogen) atoms. The Kier molecular flexibility index (Phi) is 2.33. The molecule has 0 aliphatic heterocycles. The third-order valence-electron chi connectivity index (χ3n) is 3.62. The Bertz CT molecular complexity index is 999. The van der Waals surface area contributed by atoms with Gasteiger partial charge < -0.3 is 4.98 Å². The molecular formula is C16H11N5. The maximum absolute atomic E-state index is 8.92. The van der Waals surface area contributed by atoms with Crippen molar-refractivity contribution in [1.82, 2.24) is 19.5 Å². The van der Waals surface area contributed by atoms with E-state index in [1.54, 1.807) is 6.20 Å². The van der Waals surface area contributed by atoms with E-state index in [-0.39, 0.29) is 0 Å². The van der Waals surface area contributed by atoms with Gasteiger partial charge in [-0.2, -0.15) is 5.26 Å². The zero-order chi connectivity index (χ0) is 14.4. The summed E-state index contributed by atoms with van der Waals surface area (Å²) in [6.45, 7) is 1.97. The number of aromatic amines is 1. The second kappa shape index (κ2) is 4.18. The zero-order valence-electron chi connectivity index (χ0n) is 11.3. The van der Waals surface area contributed by atoms with E-state index in [2.05, 4.69) is 25.6 Å². The molecule has 0 saturated heterocycles. The van der Waals surface area contributed by atoms with E-state index in [1.165, 1.54) is 0 Å². The molecule has 1 N–H and O–H groups in total. The lowest BCUT2D eigenvalue weighted by Crippen LogP contribution is -1.97. The number of rotatable bonds is 1. The highest BCUT2D eigenvalue weighted by molar-refractivity contribution is 6.02. The van der Waals surface area contributed by atoms with Crippen LogP contribution in [0.3, 0.4) is 0 Å². The number of hydrogen-bond donors (Lipinski definition) is 1. The average Bonchev–Trinajstić information content (AvgIpc) is 3.10. The van der Waals surface area contributed by atoms with Gasteiger partial charge in [-0.15, -0.1) is 0 Å². The summed E-state index contributed by atoms with van der Waals surface area (Å²) in [7, 11) is 0. The molecule has 3 aromatic heterocycles. The van der Waals surface area contributed by atoms with Crippen LogP contribution in [0.2, 0.25) is 0 Å². The summed E-state index contributed by atoms with van der Waals surface area (Å²) < 4.78 is 2.09. The van der Waals surface area contributed by atoms with Crippen LogP contribution >= 0.6 is 0 Å². The van der Waals surface area contributed by atoms with Crippen molar-refractivity contribution in [2.75, 3.05) is 0 Å². The van der Waals surface area contributed by atoms with Crippen LogP contribution in [0.1, 0.15) is 11.4 Å². The Labute approximate surface area is 120 Å². The smallest absolute Gasteiger partial charge is 0.139 e. The Morgan fingerprint density at radius 3 is 2.76 bits per heavy atom. The molecule has 0 fully saturated rings. The normalized spacial score (nSPS) is 11.0. The monoisotopic (exact) mass is 273 g/mol. The molecule has 0 aliphatic rings. The van der Waals surface area contributed by atoms with Crippen molar-refractivity contribution in [3.8, 4) is 11.8 Å². The van der Waals surface area contributed by atoms with E-state index in [9.17, 15) is 0 Å². The number of aryl methyl sites for hydroxylation is 1. The largest absolute Gasteiger partial charge is 0.346 e. The van der Waals surface area contributed by atoms with Crippen LogP contribution in [0.4, 0.5) is 0 Å². The molecule has 4 aromatic rings. The van der Waals surface area contributed by atoms with Crippen molar-refractivity contribution in [2.45, 2.75) is 6.92 Å². The summed E-state index contributed by atoms with van der Waals surface area (Å²) in [6.07, 6.45) is 3.66. The van der Waals surface area contributed by atoms with Crippen LogP contribution in [0.25, 0.3) is 27.8 Å². The van der Waals surface area contributed by atoms with Crippen LogP contribution in [0.5, 0.6) is 0 Å². The molecule has 0 spiro atoms. The maximum Gasteiger partial charge on any atom is 0.139 e. The summed E-state index contributed by atoms with van der Waals surface area (Å²) >= 11 is 0. The topological polar surface area (TPSA) is 70.3 Å². The Hall–Kier alpha value is -3.13. The summed E-state index contributed by atoms with van der Waals surface area (Å²) in [6, 6.07) is 11.6. The fourth-order valence-corrected chi connectivity index (χ4v) is 2.69. The van der Waals surface area contributed by atoms with E-state index in [0.717, 1.165) is 33.6 Å². The zero-order valence-corrected chi connectivity index (χ0v) is 11.3. The van der Waals surface area contributed by atoms with Crippen molar-refractivity contribution in [1.29, 1.82) is 5.26 Å². The predicted octanol–water partition coefficient (Wildman–Crippen LogP) is 3.08. The third kappa shape index (κ3) is 1.63. The fourth-order valence-electron chi connectivity index (χ4n) is 2.69. The van der Waals surface area contributed by atoms with Gasteiger partial charge in [-0.3, -0.25) is 4.57 Å². The lowest BCUT2D eigenvalue weighted by molar-refractivity contribution is 1.00. The van der Waals surface area contributed by atoms with Crippen molar-refractivity contribution in [3.63, 3.8) is 0 Å². The lowest BCUT2D eigenvalue weighted by atomic mass is 10.2. The third-order valence-corrected chi connectivity index (χ3v) is 3.62. The summed E-state index contributed by atoms with van der Waals surface area (Å²) in [4.78, 5) is 12.1. The molecule has 1 aromatic carbocycles. The quantitative estimate of drug-likeness (QED) is 0.579. The van der Waals surface area contributed by atoms with Gasteiger partial charge in [0.1, 0.15) is 17.0 Å². The molecule has 0 amide bonds. The number of pyridine rings is 1. The van der Waals surface area contributed by atoms with Gasteiger partial charge in [0.2, 0.25) is 0 Å². The van der Waals surface area contributed by atoms with Gasteiger partial charge in [0.15, 0.2) is 0 Å². The molecule has 0 aliphatic carbocycles. The van der Waals surface area contributed by atoms with Crippen molar-refractivity contribution >= 4 is 22.1 Å². The summed E-state index contributed by atoms with van der Waals surface area (Å²) in [5.41, 5.74) is 4.38. The van der Waals surface area contributed by atoms with Crippen molar-refractivity contribution in [2.24, 2.45) is 0 Å². The first kappa shape index (κ1) is 11.7. The lowest BCUT2D eigenvalue weighted by Gasteiger charge is -2.07. The van der Waals surface area contributed by atoms with E-state index in [1.807, 2.05) is 43.5 Å². The number of H-pyrrole nitrogens is 1. The van der Waals surface area contributed by atoms with Gasteiger partial charge in [0.05, 0.1) is 23.3 Å². The van der Waals surface area contributed by atoms with E-state index < -0.39 is 0 Å². The average molecular weight is 273 g/mol. The molecule has 0 bridgehead atoms. The molecule has 0 saturated carbocycles. The van der Waals surface area contributed by atoms with Gasteiger partial charge in [0.25, 0.3) is 0 Å². The highest BCUT2D eigenvalue weighted by Gasteiger charge is 2.13. The molecule has 3 heterocycles. The minimum Gasteiger partial charge on any atom is -0.346 e. The van der Waals surface area contributed by atoms with Gasteiger partial charge >= 0.3 is 0 Å². The van der Waals surface area contributed by atoms with Gasteiger partial charge in [0, 0.05) is 17.3 Å². The van der Waals surface area contributed by atoms with E-state index in [0.29, 0.717) is 5.56 Å². The standard InChI is InChI=1S/C16H11N5/c1-10-20-14-9-19-16-13(6-7-18-16)15(14)21(10)12-4-2-11(8-17)3-5-12/h2-7,9H,1H3,(H,18,19). The SMILES string of the molecule is Cc1nc2cnc3[nH]ccc3c2n1-c1ccc(C#N)cc1. The van der Waals surface area contributed by atoms with E-state index >= 15 is 0 Å². The predicted molar refractivity (Wildman–Crippen MR) is 80.2 cm³/mol. The van der Waals surface area contributed by atoms with Crippen LogP contribution < -0.4 is 0 Å². The van der Waals surface area contributed by atoms with Crippen LogP contribution in [-0.2, 0) is 0 Å². The van der Waals surface area contributed by atoms with Gasteiger partial charge in [-0.25, -0.2) is 9.97 Å². The molecule has 100 valence electrons. The van der Waals surface area contributed by atoms with E-state index in [4.69, 9.17) is 5.26 Å². The van der Waals surface area contributed by atoms with Gasteiger partial charge in [-0.05, 0) is 37.3 Å². The Morgan fingerprint density at radius 1 is 1.19 bits per heavy atom. The number of hydrogen-bond acceptors (Lipinski definition) is 3. The minimum atomic E-state index is 0.647. The summed E-state index contributed by atoms with van der Waals surface area (Å²) in [5, 5.41) is 9.96. The molecule has 5 nitrogen and oxygen atoms in total. The number of nitriles is 1. The number of nitrogens with zero attached hydrogens (tertiary/aromatic N) is 4. The number of nitrogens with one attached hydrogen (secondary N) is 1. The molecule has 0 radical (unpaired) electrons. The number of aromatic nitrogens is 4. The van der Waals surface area contributed by atoms with Crippen LogP contribution in [0, 0.1) is 18.3 Å². The Balaban J connectivity index is 2.09. The first-order valence-corrected chi connectivity index (χ1v) is 6.59. The maximum atomic E-state index is 8.92. The minimum absolute atomic E-state index is 0.647. The second-order valence-corrected chi connectivity index (χ2v) is 4.89. The highest BCUT2D eigenvalue weighted by Crippen LogP contribution is 2.27.